The van der Waals surface area contributed by atoms with Gasteiger partial charge in [-0.3, -0.25) is 4.79 Å². The number of hydrogen-bond donors (Lipinski definition) is 1. The summed E-state index contributed by atoms with van der Waals surface area (Å²) in [6, 6.07) is 8.09. The van der Waals surface area contributed by atoms with Crippen LogP contribution in [0.1, 0.15) is 0 Å². The summed E-state index contributed by atoms with van der Waals surface area (Å²) in [5.41, 5.74) is 0.109. The SMILES string of the molecule is COc1ccc2c(=O)c(O)c(-c3ccc4c(c3)OCO4)oc2c1OC. The van der Waals surface area contributed by atoms with Crippen molar-refractivity contribution in [2.45, 2.75) is 0 Å². The van der Waals surface area contributed by atoms with Gasteiger partial charge in [-0.05, 0) is 30.3 Å². The van der Waals surface area contributed by atoms with Gasteiger partial charge in [-0.2, -0.15) is 0 Å². The van der Waals surface area contributed by atoms with Gasteiger partial charge in [0.05, 0.1) is 19.6 Å². The van der Waals surface area contributed by atoms with Crippen LogP contribution in [0, 0.1) is 0 Å². The summed E-state index contributed by atoms with van der Waals surface area (Å²) in [6.07, 6.45) is 0. The predicted molar refractivity (Wildman–Crippen MR) is 88.8 cm³/mol. The third kappa shape index (κ3) is 2.24. The van der Waals surface area contributed by atoms with E-state index < -0.39 is 11.2 Å². The molecule has 0 bridgehead atoms. The minimum absolute atomic E-state index is 0.0161. The lowest BCUT2D eigenvalue weighted by Crippen LogP contribution is -2.04. The number of hydrogen-bond acceptors (Lipinski definition) is 7. The van der Waals surface area contributed by atoms with E-state index in [1.54, 1.807) is 24.3 Å². The summed E-state index contributed by atoms with van der Waals surface area (Å²) in [5.74, 6) is 1.32. The smallest absolute Gasteiger partial charge is 0.235 e. The van der Waals surface area contributed by atoms with E-state index in [0.717, 1.165) is 0 Å². The second-order valence-corrected chi connectivity index (χ2v) is 5.35. The van der Waals surface area contributed by atoms with E-state index in [1.807, 2.05) is 0 Å². The molecule has 0 saturated heterocycles. The molecule has 0 fully saturated rings. The van der Waals surface area contributed by atoms with Crippen LogP contribution in [-0.4, -0.2) is 26.1 Å². The number of aromatic hydroxyl groups is 1. The third-order valence-electron chi connectivity index (χ3n) is 4.01. The Hall–Kier alpha value is -3.35. The molecule has 0 amide bonds. The molecule has 7 nitrogen and oxygen atoms in total. The molecule has 7 heteroatoms. The Morgan fingerprint density at radius 1 is 1.04 bits per heavy atom. The van der Waals surface area contributed by atoms with E-state index in [0.29, 0.717) is 22.8 Å². The van der Waals surface area contributed by atoms with Gasteiger partial charge in [0.1, 0.15) is 0 Å². The lowest BCUT2D eigenvalue weighted by atomic mass is 10.1. The van der Waals surface area contributed by atoms with Crippen LogP contribution >= 0.6 is 0 Å². The highest BCUT2D eigenvalue weighted by Gasteiger charge is 2.22. The Labute approximate surface area is 141 Å². The highest BCUT2D eigenvalue weighted by molar-refractivity contribution is 5.88. The lowest BCUT2D eigenvalue weighted by Gasteiger charge is -2.12. The topological polar surface area (TPSA) is 87.4 Å². The monoisotopic (exact) mass is 342 g/mol. The third-order valence-corrected chi connectivity index (χ3v) is 4.01. The van der Waals surface area contributed by atoms with Crippen LogP contribution in [0.15, 0.2) is 39.5 Å². The van der Waals surface area contributed by atoms with Gasteiger partial charge in [0, 0.05) is 5.56 Å². The molecule has 0 unspecified atom stereocenters. The fourth-order valence-electron chi connectivity index (χ4n) is 2.79. The molecule has 1 aliphatic heterocycles. The molecule has 0 saturated carbocycles. The van der Waals surface area contributed by atoms with Crippen LogP contribution in [0.5, 0.6) is 28.7 Å². The van der Waals surface area contributed by atoms with Gasteiger partial charge in [0.25, 0.3) is 0 Å². The summed E-state index contributed by atoms with van der Waals surface area (Å²) in [6.45, 7) is 0.122. The number of ether oxygens (including phenoxy) is 4. The second kappa shape index (κ2) is 5.62. The highest BCUT2D eigenvalue weighted by Crippen LogP contribution is 2.41. The molecule has 3 aromatic rings. The Morgan fingerprint density at radius 3 is 2.60 bits per heavy atom. The molecule has 0 atom stereocenters. The zero-order valence-corrected chi connectivity index (χ0v) is 13.5. The highest BCUT2D eigenvalue weighted by atomic mass is 16.7. The van der Waals surface area contributed by atoms with Crippen molar-refractivity contribution >= 4 is 11.0 Å². The minimum Gasteiger partial charge on any atom is -0.502 e. The maximum absolute atomic E-state index is 12.6. The first-order valence-electron chi connectivity index (χ1n) is 7.45. The zero-order chi connectivity index (χ0) is 17.6. The first-order chi connectivity index (χ1) is 12.1. The van der Waals surface area contributed by atoms with E-state index in [2.05, 4.69) is 0 Å². The molecular formula is C18H14O7. The summed E-state index contributed by atoms with van der Waals surface area (Å²) < 4.78 is 27.0. The maximum Gasteiger partial charge on any atom is 0.235 e. The van der Waals surface area contributed by atoms with Crippen molar-refractivity contribution in [2.75, 3.05) is 21.0 Å². The zero-order valence-electron chi connectivity index (χ0n) is 13.5. The molecule has 25 heavy (non-hydrogen) atoms. The predicted octanol–water partition coefficient (Wildman–Crippen LogP) is 2.91. The summed E-state index contributed by atoms with van der Waals surface area (Å²) in [4.78, 5) is 12.6. The molecule has 1 N–H and O–H groups in total. The van der Waals surface area contributed by atoms with Crippen LogP contribution in [0.4, 0.5) is 0 Å². The molecule has 128 valence electrons. The van der Waals surface area contributed by atoms with Crippen LogP contribution < -0.4 is 24.4 Å². The van der Waals surface area contributed by atoms with E-state index >= 15 is 0 Å². The Balaban J connectivity index is 2.01. The van der Waals surface area contributed by atoms with E-state index in [1.165, 1.54) is 20.3 Å². The molecule has 1 aliphatic rings. The quantitative estimate of drug-likeness (QED) is 0.783. The lowest BCUT2D eigenvalue weighted by molar-refractivity contribution is 0.174. The van der Waals surface area contributed by atoms with Crippen LogP contribution in [0.25, 0.3) is 22.3 Å². The Kier molecular flexibility index (Phi) is 3.42. The number of rotatable bonds is 3. The fourth-order valence-corrected chi connectivity index (χ4v) is 2.79. The number of methoxy groups -OCH3 is 2. The van der Waals surface area contributed by atoms with Crippen molar-refractivity contribution in [3.8, 4) is 40.1 Å². The van der Waals surface area contributed by atoms with Gasteiger partial charge < -0.3 is 28.5 Å². The Morgan fingerprint density at radius 2 is 1.84 bits per heavy atom. The summed E-state index contributed by atoms with van der Waals surface area (Å²) in [5, 5.41) is 10.5. The van der Waals surface area contributed by atoms with Gasteiger partial charge in [-0.25, -0.2) is 0 Å². The molecular weight excluding hydrogens is 328 g/mol. The fraction of sp³-hybridized carbons (Fsp3) is 0.167. The van der Waals surface area contributed by atoms with Crippen molar-refractivity contribution < 1.29 is 28.5 Å². The van der Waals surface area contributed by atoms with Crippen molar-refractivity contribution in [3.05, 3.63) is 40.6 Å². The number of benzene rings is 2. The first kappa shape index (κ1) is 15.2. The van der Waals surface area contributed by atoms with Gasteiger partial charge in [0.15, 0.2) is 28.6 Å². The average molecular weight is 342 g/mol. The summed E-state index contributed by atoms with van der Waals surface area (Å²) in [7, 11) is 2.94. The molecule has 4 rings (SSSR count). The molecule has 2 aromatic carbocycles. The normalized spacial score (nSPS) is 12.4. The van der Waals surface area contributed by atoms with Gasteiger partial charge in [-0.15, -0.1) is 0 Å². The molecule has 0 spiro atoms. The largest absolute Gasteiger partial charge is 0.502 e. The first-order valence-corrected chi connectivity index (χ1v) is 7.45. The van der Waals surface area contributed by atoms with Crippen LogP contribution in [0.3, 0.4) is 0 Å². The number of fused-ring (bicyclic) bond motifs is 2. The van der Waals surface area contributed by atoms with Crippen molar-refractivity contribution in [1.29, 1.82) is 0 Å². The van der Waals surface area contributed by atoms with E-state index in [4.69, 9.17) is 23.4 Å². The Bertz CT molecular complexity index is 1040. The molecule has 1 aromatic heterocycles. The van der Waals surface area contributed by atoms with Crippen molar-refractivity contribution in [3.63, 3.8) is 0 Å². The summed E-state index contributed by atoms with van der Waals surface area (Å²) >= 11 is 0. The molecule has 0 aliphatic carbocycles. The second-order valence-electron chi connectivity index (χ2n) is 5.35. The maximum atomic E-state index is 12.6. The minimum atomic E-state index is -0.560. The van der Waals surface area contributed by atoms with Crippen molar-refractivity contribution in [2.24, 2.45) is 0 Å². The van der Waals surface area contributed by atoms with Gasteiger partial charge >= 0.3 is 0 Å². The van der Waals surface area contributed by atoms with E-state index in [9.17, 15) is 9.90 Å². The van der Waals surface area contributed by atoms with E-state index in [-0.39, 0.29) is 29.3 Å². The molecule has 2 heterocycles. The van der Waals surface area contributed by atoms with Gasteiger partial charge in [-0.1, -0.05) is 0 Å². The average Bonchev–Trinajstić information content (AvgIpc) is 3.11. The van der Waals surface area contributed by atoms with Gasteiger partial charge in [0.2, 0.25) is 23.7 Å². The standard InChI is InChI=1S/C18H14O7/c1-21-12-6-4-10-14(19)15(20)16(25-17(10)18(12)22-2)9-3-5-11-13(7-9)24-8-23-11/h3-7,20H,8H2,1-2H3. The van der Waals surface area contributed by atoms with Crippen LogP contribution in [0.2, 0.25) is 0 Å². The van der Waals surface area contributed by atoms with Crippen LogP contribution in [-0.2, 0) is 0 Å². The molecule has 0 radical (unpaired) electrons. The van der Waals surface area contributed by atoms with Crippen molar-refractivity contribution in [1.82, 2.24) is 0 Å².